The molecule has 0 aliphatic rings. The number of hydrogen-bond donors (Lipinski definition) is 2. The number of hydrogen-bond acceptors (Lipinski definition) is 3. The van der Waals surface area contributed by atoms with Gasteiger partial charge < -0.3 is 10.6 Å². The fourth-order valence-electron chi connectivity index (χ4n) is 2.36. The number of para-hydroxylation sites is 1. The number of nitrogens with one attached hydrogen (secondary N) is 2. The van der Waals surface area contributed by atoms with E-state index in [9.17, 15) is 4.79 Å². The standard InChI is InChI=1S/C20H19N3O/c1-14-7-6-10-18(15(14)2)22-17-11-12-19(21-13-17)20(24)23-16-8-4-3-5-9-16/h3-13,22H,1-2H3,(H,23,24). The molecule has 0 atom stereocenters. The van der Waals surface area contributed by atoms with Gasteiger partial charge in [0.05, 0.1) is 11.9 Å². The van der Waals surface area contributed by atoms with Gasteiger partial charge in [0.1, 0.15) is 5.69 Å². The van der Waals surface area contributed by atoms with Gasteiger partial charge in [-0.3, -0.25) is 4.79 Å². The van der Waals surface area contributed by atoms with E-state index in [1.807, 2.05) is 48.5 Å². The van der Waals surface area contributed by atoms with Crippen LogP contribution in [0.2, 0.25) is 0 Å². The molecule has 24 heavy (non-hydrogen) atoms. The predicted molar refractivity (Wildman–Crippen MR) is 97.8 cm³/mol. The summed E-state index contributed by atoms with van der Waals surface area (Å²) in [5.74, 6) is -0.223. The molecule has 1 heterocycles. The smallest absolute Gasteiger partial charge is 0.274 e. The summed E-state index contributed by atoms with van der Waals surface area (Å²) >= 11 is 0. The van der Waals surface area contributed by atoms with Crippen LogP contribution in [0.5, 0.6) is 0 Å². The first-order valence-corrected chi connectivity index (χ1v) is 7.79. The van der Waals surface area contributed by atoms with E-state index in [2.05, 4.69) is 35.5 Å². The minimum absolute atomic E-state index is 0.223. The number of aromatic nitrogens is 1. The minimum atomic E-state index is -0.223. The van der Waals surface area contributed by atoms with Crippen molar-refractivity contribution in [2.75, 3.05) is 10.6 Å². The fourth-order valence-corrected chi connectivity index (χ4v) is 2.36. The van der Waals surface area contributed by atoms with Crippen LogP contribution in [0.1, 0.15) is 21.6 Å². The van der Waals surface area contributed by atoms with E-state index in [1.165, 1.54) is 11.1 Å². The minimum Gasteiger partial charge on any atom is -0.354 e. The lowest BCUT2D eigenvalue weighted by Gasteiger charge is -2.11. The number of amides is 1. The van der Waals surface area contributed by atoms with Crippen molar-refractivity contribution < 1.29 is 4.79 Å². The third-order valence-corrected chi connectivity index (χ3v) is 3.91. The Labute approximate surface area is 141 Å². The van der Waals surface area contributed by atoms with Crippen molar-refractivity contribution in [2.24, 2.45) is 0 Å². The number of benzene rings is 2. The van der Waals surface area contributed by atoms with Crippen LogP contribution in [0, 0.1) is 13.8 Å². The molecule has 0 aliphatic carbocycles. The van der Waals surface area contributed by atoms with Crippen molar-refractivity contribution in [3.8, 4) is 0 Å². The Balaban J connectivity index is 1.71. The highest BCUT2D eigenvalue weighted by molar-refractivity contribution is 6.02. The van der Waals surface area contributed by atoms with Crippen molar-refractivity contribution in [1.82, 2.24) is 4.98 Å². The van der Waals surface area contributed by atoms with Crippen molar-refractivity contribution in [1.29, 1.82) is 0 Å². The third kappa shape index (κ3) is 3.60. The van der Waals surface area contributed by atoms with E-state index in [1.54, 1.807) is 12.3 Å². The molecule has 2 N–H and O–H groups in total. The maximum absolute atomic E-state index is 12.2. The summed E-state index contributed by atoms with van der Waals surface area (Å²) in [7, 11) is 0. The Hall–Kier alpha value is -3.14. The molecular weight excluding hydrogens is 298 g/mol. The van der Waals surface area contributed by atoms with Gasteiger partial charge >= 0.3 is 0 Å². The van der Waals surface area contributed by atoms with Gasteiger partial charge in [-0.15, -0.1) is 0 Å². The monoisotopic (exact) mass is 317 g/mol. The molecule has 0 aliphatic heterocycles. The number of carbonyl (C=O) groups excluding carboxylic acids is 1. The van der Waals surface area contributed by atoms with Crippen LogP contribution in [0.4, 0.5) is 17.1 Å². The Bertz CT molecular complexity index is 843. The van der Waals surface area contributed by atoms with Gasteiger partial charge in [-0.25, -0.2) is 4.98 Å². The Morgan fingerprint density at radius 2 is 1.67 bits per heavy atom. The lowest BCUT2D eigenvalue weighted by molar-refractivity contribution is 0.102. The third-order valence-electron chi connectivity index (χ3n) is 3.91. The summed E-state index contributed by atoms with van der Waals surface area (Å²) < 4.78 is 0. The molecule has 0 saturated carbocycles. The van der Waals surface area contributed by atoms with Gasteiger partial charge in [0, 0.05) is 11.4 Å². The van der Waals surface area contributed by atoms with E-state index in [4.69, 9.17) is 0 Å². The molecule has 0 radical (unpaired) electrons. The summed E-state index contributed by atoms with van der Waals surface area (Å²) in [6.07, 6.45) is 1.67. The molecule has 1 aromatic heterocycles. The lowest BCUT2D eigenvalue weighted by atomic mass is 10.1. The molecule has 3 rings (SSSR count). The summed E-state index contributed by atoms with van der Waals surface area (Å²) in [5.41, 5.74) is 5.45. The summed E-state index contributed by atoms with van der Waals surface area (Å²) in [5, 5.41) is 6.16. The molecule has 120 valence electrons. The van der Waals surface area contributed by atoms with Crippen LogP contribution in [-0.2, 0) is 0 Å². The number of aryl methyl sites for hydroxylation is 1. The first-order valence-electron chi connectivity index (χ1n) is 7.79. The van der Waals surface area contributed by atoms with Gasteiger partial charge in [0.15, 0.2) is 0 Å². The molecule has 4 heteroatoms. The Morgan fingerprint density at radius 3 is 2.38 bits per heavy atom. The molecule has 4 nitrogen and oxygen atoms in total. The number of nitrogens with zero attached hydrogens (tertiary/aromatic N) is 1. The quantitative estimate of drug-likeness (QED) is 0.733. The zero-order valence-corrected chi connectivity index (χ0v) is 13.7. The average molecular weight is 317 g/mol. The highest BCUT2D eigenvalue weighted by atomic mass is 16.1. The lowest BCUT2D eigenvalue weighted by Crippen LogP contribution is -2.13. The Kier molecular flexibility index (Phi) is 4.57. The molecule has 0 bridgehead atoms. The van der Waals surface area contributed by atoms with E-state index >= 15 is 0 Å². The Morgan fingerprint density at radius 1 is 0.875 bits per heavy atom. The van der Waals surface area contributed by atoms with Crippen LogP contribution in [0.25, 0.3) is 0 Å². The normalized spacial score (nSPS) is 10.2. The first kappa shape index (κ1) is 15.7. The van der Waals surface area contributed by atoms with Crippen molar-refractivity contribution >= 4 is 23.0 Å². The molecule has 0 saturated heterocycles. The van der Waals surface area contributed by atoms with Gasteiger partial charge in [-0.05, 0) is 55.3 Å². The molecular formula is C20H19N3O. The van der Waals surface area contributed by atoms with Crippen LogP contribution < -0.4 is 10.6 Å². The summed E-state index contributed by atoms with van der Waals surface area (Å²) in [6, 6.07) is 19.0. The summed E-state index contributed by atoms with van der Waals surface area (Å²) in [4.78, 5) is 16.4. The number of carbonyl (C=O) groups is 1. The second-order valence-electron chi connectivity index (χ2n) is 5.62. The average Bonchev–Trinajstić information content (AvgIpc) is 2.60. The number of anilines is 3. The van der Waals surface area contributed by atoms with Crippen molar-refractivity contribution in [3.05, 3.63) is 83.7 Å². The largest absolute Gasteiger partial charge is 0.354 e. The maximum Gasteiger partial charge on any atom is 0.274 e. The van der Waals surface area contributed by atoms with Gasteiger partial charge in [-0.1, -0.05) is 30.3 Å². The maximum atomic E-state index is 12.2. The molecule has 3 aromatic rings. The second kappa shape index (κ2) is 6.96. The fraction of sp³-hybridized carbons (Fsp3) is 0.100. The van der Waals surface area contributed by atoms with Gasteiger partial charge in [0.2, 0.25) is 0 Å². The highest BCUT2D eigenvalue weighted by Gasteiger charge is 2.08. The van der Waals surface area contributed by atoms with E-state index in [-0.39, 0.29) is 5.91 Å². The molecule has 0 fully saturated rings. The summed E-state index contributed by atoms with van der Waals surface area (Å²) in [6.45, 7) is 4.16. The SMILES string of the molecule is Cc1cccc(Nc2ccc(C(=O)Nc3ccccc3)nc2)c1C. The van der Waals surface area contributed by atoms with Crippen LogP contribution in [0.15, 0.2) is 66.9 Å². The van der Waals surface area contributed by atoms with Crippen LogP contribution in [-0.4, -0.2) is 10.9 Å². The van der Waals surface area contributed by atoms with E-state index in [0.717, 1.165) is 17.1 Å². The number of rotatable bonds is 4. The van der Waals surface area contributed by atoms with Crippen molar-refractivity contribution in [2.45, 2.75) is 13.8 Å². The molecule has 0 unspecified atom stereocenters. The first-order chi connectivity index (χ1) is 11.6. The predicted octanol–water partition coefficient (Wildman–Crippen LogP) is 4.69. The second-order valence-corrected chi connectivity index (χ2v) is 5.62. The molecule has 2 aromatic carbocycles. The van der Waals surface area contributed by atoms with Gasteiger partial charge in [-0.2, -0.15) is 0 Å². The van der Waals surface area contributed by atoms with Gasteiger partial charge in [0.25, 0.3) is 5.91 Å². The van der Waals surface area contributed by atoms with E-state index in [0.29, 0.717) is 5.69 Å². The van der Waals surface area contributed by atoms with Crippen LogP contribution in [0.3, 0.4) is 0 Å². The van der Waals surface area contributed by atoms with E-state index < -0.39 is 0 Å². The highest BCUT2D eigenvalue weighted by Crippen LogP contribution is 2.22. The zero-order chi connectivity index (χ0) is 16.9. The molecule has 0 spiro atoms. The topological polar surface area (TPSA) is 54.0 Å². The number of pyridine rings is 1. The van der Waals surface area contributed by atoms with Crippen molar-refractivity contribution in [3.63, 3.8) is 0 Å². The molecule has 1 amide bonds. The zero-order valence-electron chi connectivity index (χ0n) is 13.7. The van der Waals surface area contributed by atoms with Crippen LogP contribution >= 0.6 is 0 Å².